The van der Waals surface area contributed by atoms with Crippen molar-refractivity contribution in [1.82, 2.24) is 15.6 Å². The van der Waals surface area contributed by atoms with E-state index in [9.17, 15) is 4.79 Å². The normalized spacial score (nSPS) is 20.2. The molecule has 6 nitrogen and oxygen atoms in total. The second-order valence-corrected chi connectivity index (χ2v) is 6.99. The monoisotopic (exact) mass is 473 g/mol. The van der Waals surface area contributed by atoms with Gasteiger partial charge in [-0.1, -0.05) is 13.8 Å². The summed E-state index contributed by atoms with van der Waals surface area (Å²) in [5.74, 6) is 2.17. The first kappa shape index (κ1) is 22.7. The lowest BCUT2D eigenvalue weighted by Crippen LogP contribution is -2.45. The lowest BCUT2D eigenvalue weighted by Gasteiger charge is -2.32. The van der Waals surface area contributed by atoms with Gasteiger partial charge in [-0.25, -0.2) is 4.99 Å². The van der Waals surface area contributed by atoms with Crippen molar-refractivity contribution in [3.05, 3.63) is 24.5 Å². The zero-order valence-electron chi connectivity index (χ0n) is 16.0. The number of aromatic nitrogens is 1. The molecule has 0 bridgehead atoms. The Bertz CT molecular complexity index is 556. The number of pyridine rings is 1. The number of carbonyl (C=O) groups excluding carboxylic acids is 1. The van der Waals surface area contributed by atoms with Gasteiger partial charge in [0.1, 0.15) is 6.54 Å². The highest BCUT2D eigenvalue weighted by Gasteiger charge is 2.23. The SMILES string of the molecule is CCNC(=NCC(=O)Nc1cccnc1)NC1CCC(C(C)C)CC1.I. The summed E-state index contributed by atoms with van der Waals surface area (Å²) in [6.07, 6.45) is 8.14. The van der Waals surface area contributed by atoms with Gasteiger partial charge >= 0.3 is 0 Å². The van der Waals surface area contributed by atoms with Crippen LogP contribution in [0.5, 0.6) is 0 Å². The first-order chi connectivity index (χ1) is 12.1. The van der Waals surface area contributed by atoms with Gasteiger partial charge in [0.15, 0.2) is 5.96 Å². The van der Waals surface area contributed by atoms with Crippen molar-refractivity contribution in [3.63, 3.8) is 0 Å². The van der Waals surface area contributed by atoms with E-state index in [0.29, 0.717) is 11.7 Å². The van der Waals surface area contributed by atoms with Crippen LogP contribution in [0.2, 0.25) is 0 Å². The number of halogens is 1. The van der Waals surface area contributed by atoms with Crippen LogP contribution >= 0.6 is 24.0 Å². The number of guanidine groups is 1. The van der Waals surface area contributed by atoms with Crippen LogP contribution in [0.15, 0.2) is 29.5 Å². The Labute approximate surface area is 174 Å². The molecular formula is C19H32IN5O. The molecule has 7 heteroatoms. The maximum Gasteiger partial charge on any atom is 0.246 e. The fraction of sp³-hybridized carbons (Fsp3) is 0.632. The topological polar surface area (TPSA) is 78.4 Å². The lowest BCUT2D eigenvalue weighted by atomic mass is 9.80. The van der Waals surface area contributed by atoms with Crippen molar-refractivity contribution >= 4 is 41.5 Å². The molecule has 1 amide bonds. The van der Waals surface area contributed by atoms with Crippen molar-refractivity contribution in [2.75, 3.05) is 18.4 Å². The molecule has 1 saturated carbocycles. The minimum Gasteiger partial charge on any atom is -0.357 e. The summed E-state index contributed by atoms with van der Waals surface area (Å²) < 4.78 is 0. The number of anilines is 1. The van der Waals surface area contributed by atoms with Crippen molar-refractivity contribution in [2.24, 2.45) is 16.8 Å². The highest BCUT2D eigenvalue weighted by atomic mass is 127. The molecule has 0 radical (unpaired) electrons. The molecule has 1 aromatic rings. The van der Waals surface area contributed by atoms with Crippen LogP contribution in [0, 0.1) is 11.8 Å². The largest absolute Gasteiger partial charge is 0.357 e. The molecule has 26 heavy (non-hydrogen) atoms. The standard InChI is InChI=1S/C19H31N5O.HI/c1-4-21-19(24-16-9-7-15(8-10-16)14(2)3)22-13-18(25)23-17-6-5-11-20-12-17;/h5-6,11-12,14-16H,4,7-10,13H2,1-3H3,(H,23,25)(H2,21,22,24);1H. The third-order valence-electron chi connectivity index (χ3n) is 4.73. The number of amides is 1. The summed E-state index contributed by atoms with van der Waals surface area (Å²) in [6, 6.07) is 4.04. The van der Waals surface area contributed by atoms with E-state index >= 15 is 0 Å². The molecule has 146 valence electrons. The first-order valence-corrected chi connectivity index (χ1v) is 9.33. The van der Waals surface area contributed by atoms with Crippen LogP contribution in [-0.4, -0.2) is 36.0 Å². The van der Waals surface area contributed by atoms with E-state index in [0.717, 1.165) is 37.2 Å². The van der Waals surface area contributed by atoms with Crippen molar-refractivity contribution < 1.29 is 4.79 Å². The Kier molecular flexibility index (Phi) is 10.5. The molecule has 0 aromatic carbocycles. The van der Waals surface area contributed by atoms with Crippen LogP contribution < -0.4 is 16.0 Å². The Hall–Kier alpha value is -1.38. The molecule has 2 rings (SSSR count). The van der Waals surface area contributed by atoms with E-state index in [-0.39, 0.29) is 36.4 Å². The van der Waals surface area contributed by atoms with Gasteiger partial charge in [-0.2, -0.15) is 0 Å². The van der Waals surface area contributed by atoms with Gasteiger partial charge in [0, 0.05) is 18.8 Å². The number of aliphatic imine (C=N–C) groups is 1. The minimum absolute atomic E-state index is 0. The fourth-order valence-corrected chi connectivity index (χ4v) is 3.23. The average molecular weight is 473 g/mol. The lowest BCUT2D eigenvalue weighted by molar-refractivity contribution is -0.114. The molecule has 1 heterocycles. The second kappa shape index (κ2) is 12.1. The van der Waals surface area contributed by atoms with Crippen molar-refractivity contribution in [1.29, 1.82) is 0 Å². The molecule has 1 aliphatic carbocycles. The van der Waals surface area contributed by atoms with E-state index in [2.05, 4.69) is 39.8 Å². The van der Waals surface area contributed by atoms with Crippen LogP contribution in [0.1, 0.15) is 46.5 Å². The highest BCUT2D eigenvalue weighted by molar-refractivity contribution is 14.0. The number of nitrogens with one attached hydrogen (secondary N) is 3. The zero-order chi connectivity index (χ0) is 18.1. The van der Waals surface area contributed by atoms with Gasteiger partial charge in [0.25, 0.3) is 0 Å². The molecule has 0 spiro atoms. The molecule has 0 saturated heterocycles. The Balaban J connectivity index is 0.00000338. The Morgan fingerprint density at radius 3 is 2.62 bits per heavy atom. The van der Waals surface area contributed by atoms with Crippen LogP contribution in [0.3, 0.4) is 0 Å². The van der Waals surface area contributed by atoms with E-state index in [1.807, 2.05) is 13.0 Å². The number of hydrogen-bond acceptors (Lipinski definition) is 3. The molecule has 3 N–H and O–H groups in total. The summed E-state index contributed by atoms with van der Waals surface area (Å²) >= 11 is 0. The predicted octanol–water partition coefficient (Wildman–Crippen LogP) is 3.41. The van der Waals surface area contributed by atoms with Crippen LogP contribution in [0.4, 0.5) is 5.69 Å². The summed E-state index contributed by atoms with van der Waals surface area (Å²) in [4.78, 5) is 20.4. The maximum absolute atomic E-state index is 12.0. The molecule has 0 aliphatic heterocycles. The summed E-state index contributed by atoms with van der Waals surface area (Å²) in [5, 5.41) is 9.51. The second-order valence-electron chi connectivity index (χ2n) is 6.99. The van der Waals surface area contributed by atoms with E-state index < -0.39 is 0 Å². The zero-order valence-corrected chi connectivity index (χ0v) is 18.3. The molecular weight excluding hydrogens is 441 g/mol. The third-order valence-corrected chi connectivity index (χ3v) is 4.73. The van der Waals surface area contributed by atoms with Gasteiger partial charge in [-0.3, -0.25) is 9.78 Å². The highest BCUT2D eigenvalue weighted by Crippen LogP contribution is 2.29. The number of nitrogens with zero attached hydrogens (tertiary/aromatic N) is 2. The van der Waals surface area contributed by atoms with Gasteiger partial charge in [0.05, 0.1) is 11.9 Å². The number of carbonyl (C=O) groups is 1. The minimum atomic E-state index is -0.145. The summed E-state index contributed by atoms with van der Waals surface area (Å²) in [5.41, 5.74) is 0.688. The predicted molar refractivity (Wildman–Crippen MR) is 118 cm³/mol. The third kappa shape index (κ3) is 7.88. The van der Waals surface area contributed by atoms with E-state index in [1.54, 1.807) is 18.5 Å². The van der Waals surface area contributed by atoms with E-state index in [1.165, 1.54) is 12.8 Å². The van der Waals surface area contributed by atoms with E-state index in [4.69, 9.17) is 0 Å². The number of rotatable bonds is 6. The first-order valence-electron chi connectivity index (χ1n) is 9.33. The Morgan fingerprint density at radius 1 is 1.31 bits per heavy atom. The average Bonchev–Trinajstić information content (AvgIpc) is 2.61. The van der Waals surface area contributed by atoms with Gasteiger partial charge in [-0.05, 0) is 56.6 Å². The Morgan fingerprint density at radius 2 is 2.04 bits per heavy atom. The molecule has 1 aromatic heterocycles. The van der Waals surface area contributed by atoms with Crippen molar-refractivity contribution in [2.45, 2.75) is 52.5 Å². The molecule has 0 unspecified atom stereocenters. The summed E-state index contributed by atoms with van der Waals surface area (Å²) in [7, 11) is 0. The summed E-state index contributed by atoms with van der Waals surface area (Å²) in [6.45, 7) is 7.52. The number of hydrogen-bond donors (Lipinski definition) is 3. The molecule has 1 fully saturated rings. The van der Waals surface area contributed by atoms with Gasteiger partial charge in [-0.15, -0.1) is 24.0 Å². The van der Waals surface area contributed by atoms with Gasteiger partial charge < -0.3 is 16.0 Å². The molecule has 0 atom stereocenters. The van der Waals surface area contributed by atoms with Crippen molar-refractivity contribution in [3.8, 4) is 0 Å². The van der Waals surface area contributed by atoms with Crippen LogP contribution in [0.25, 0.3) is 0 Å². The van der Waals surface area contributed by atoms with Gasteiger partial charge in [0.2, 0.25) is 5.91 Å². The fourth-order valence-electron chi connectivity index (χ4n) is 3.23. The quantitative estimate of drug-likeness (QED) is 0.336. The smallest absolute Gasteiger partial charge is 0.246 e. The molecule has 1 aliphatic rings. The maximum atomic E-state index is 12.0. The van der Waals surface area contributed by atoms with Crippen LogP contribution in [-0.2, 0) is 4.79 Å².